The summed E-state index contributed by atoms with van der Waals surface area (Å²) in [7, 11) is -4.76. The number of benzene rings is 2. The van der Waals surface area contributed by atoms with E-state index in [1.165, 1.54) is 41.6 Å². The molecule has 12 nitrogen and oxygen atoms in total. The minimum absolute atomic E-state index is 0.0149. The number of carbonyl (C=O) groups excluding carboxylic acids is 1. The van der Waals surface area contributed by atoms with Gasteiger partial charge in [0.15, 0.2) is 0 Å². The predicted molar refractivity (Wildman–Crippen MR) is 185 cm³/mol. The zero-order valence-corrected chi connectivity index (χ0v) is 30.3. The fraction of sp³-hybridized carbons (Fsp3) is 0.485. The molecule has 0 fully saturated rings. The smallest absolute Gasteiger partial charge is 0.261 e. The van der Waals surface area contributed by atoms with Crippen LogP contribution in [-0.4, -0.2) is 95.8 Å². The van der Waals surface area contributed by atoms with Crippen LogP contribution in [0.4, 0.5) is 5.69 Å². The van der Waals surface area contributed by atoms with E-state index in [1.807, 2.05) is 13.8 Å². The fourth-order valence-electron chi connectivity index (χ4n) is 5.33. The number of anilines is 1. The number of fused-ring (bicyclic) bond motifs is 1. The summed E-state index contributed by atoms with van der Waals surface area (Å²) in [6, 6.07) is 13.1. The van der Waals surface area contributed by atoms with Crippen LogP contribution in [0.3, 0.4) is 0 Å². The van der Waals surface area contributed by atoms with Gasteiger partial charge in [-0.25, -0.2) is 16.8 Å². The Morgan fingerprint density at radius 2 is 1.83 bits per heavy atom. The molecule has 0 saturated heterocycles. The number of nitrogens with zero attached hydrogens (tertiary/aromatic N) is 2. The van der Waals surface area contributed by atoms with Crippen molar-refractivity contribution >= 4 is 43.0 Å². The first-order valence-electron chi connectivity index (χ1n) is 15.8. The third-order valence-electron chi connectivity index (χ3n) is 8.27. The zero-order valence-electron chi connectivity index (χ0n) is 27.9. The maximum atomic E-state index is 14.4. The SMILES string of the molecule is COc1ccc(S(=O)(=O)Nc2ccc3c(c2)C(=O)N([C@@H](C)CO)C[C@@H](C)[C@@H](CN(C)S(=O)(=O)c2cccs2)OCCCC[C@H](C)O3)cc1. The van der Waals surface area contributed by atoms with Crippen molar-refractivity contribution in [2.75, 3.05) is 45.2 Å². The number of rotatable bonds is 10. The highest BCUT2D eigenvalue weighted by molar-refractivity contribution is 7.92. The maximum Gasteiger partial charge on any atom is 0.261 e. The standard InChI is InChI=1S/C33H45N3O9S3/c1-23-20-36(24(2)22-37)33(38)29-19-26(34-47(39,40)28-14-12-27(43-5)13-15-28)11-16-30(29)45-25(3)9-6-7-17-44-31(23)21-35(4)48(41,42)32-10-8-18-46-32/h8,10-16,18-19,23-25,31,34,37H,6-7,9,17,20-22H2,1-5H3/t23-,24+,25+,31-/m1/s1. The van der Waals surface area contributed by atoms with Crippen LogP contribution in [0.5, 0.6) is 11.5 Å². The Kier molecular flexibility index (Phi) is 12.9. The van der Waals surface area contributed by atoms with Crippen LogP contribution in [-0.2, 0) is 24.8 Å². The molecule has 0 radical (unpaired) electrons. The third kappa shape index (κ3) is 9.27. The molecule has 1 amide bonds. The summed E-state index contributed by atoms with van der Waals surface area (Å²) in [5.74, 6) is -0.0411. The summed E-state index contributed by atoms with van der Waals surface area (Å²) in [6.07, 6.45) is 1.30. The molecule has 4 atom stereocenters. The lowest BCUT2D eigenvalue weighted by Gasteiger charge is -2.35. The lowest BCUT2D eigenvalue weighted by molar-refractivity contribution is -0.00832. The van der Waals surface area contributed by atoms with Gasteiger partial charge in [0.1, 0.15) is 15.7 Å². The second-order valence-corrected chi connectivity index (χ2v) is 16.9. The van der Waals surface area contributed by atoms with Crippen LogP contribution < -0.4 is 14.2 Å². The fourth-order valence-corrected chi connectivity index (χ4v) is 8.77. The van der Waals surface area contributed by atoms with Crippen LogP contribution in [0.2, 0.25) is 0 Å². The number of hydrogen-bond acceptors (Lipinski definition) is 10. The molecular weight excluding hydrogens is 679 g/mol. The van der Waals surface area contributed by atoms with Gasteiger partial charge >= 0.3 is 0 Å². The van der Waals surface area contributed by atoms with Crippen molar-refractivity contribution in [3.8, 4) is 11.5 Å². The molecule has 0 spiro atoms. The zero-order chi connectivity index (χ0) is 35.1. The monoisotopic (exact) mass is 723 g/mol. The van der Waals surface area contributed by atoms with Gasteiger partial charge in [-0.1, -0.05) is 13.0 Å². The van der Waals surface area contributed by atoms with Gasteiger partial charge in [0.05, 0.1) is 42.4 Å². The van der Waals surface area contributed by atoms with Crippen molar-refractivity contribution in [1.29, 1.82) is 0 Å². The normalized spacial score (nSPS) is 20.8. The van der Waals surface area contributed by atoms with E-state index in [0.717, 1.165) is 17.8 Å². The first kappa shape index (κ1) is 37.6. The summed E-state index contributed by atoms with van der Waals surface area (Å²) in [6.45, 7) is 5.71. The van der Waals surface area contributed by atoms with E-state index < -0.39 is 38.1 Å². The van der Waals surface area contributed by atoms with Crippen LogP contribution in [0.1, 0.15) is 50.4 Å². The van der Waals surface area contributed by atoms with Gasteiger partial charge in [-0.15, -0.1) is 11.3 Å². The molecule has 1 aliphatic heterocycles. The molecule has 264 valence electrons. The van der Waals surface area contributed by atoms with Crippen molar-refractivity contribution in [3.63, 3.8) is 0 Å². The molecule has 48 heavy (non-hydrogen) atoms. The number of carbonyl (C=O) groups is 1. The summed E-state index contributed by atoms with van der Waals surface area (Å²) >= 11 is 1.14. The van der Waals surface area contributed by atoms with Gasteiger partial charge in [-0.05, 0) is 87.0 Å². The lowest BCUT2D eigenvalue weighted by Crippen LogP contribution is -2.48. The van der Waals surface area contributed by atoms with Crippen LogP contribution in [0.15, 0.2) is 69.1 Å². The Morgan fingerprint density at radius 3 is 2.48 bits per heavy atom. The number of thiophene rings is 1. The van der Waals surface area contributed by atoms with Crippen molar-refractivity contribution in [2.45, 2.75) is 67.4 Å². The number of aliphatic hydroxyl groups excluding tert-OH is 1. The summed E-state index contributed by atoms with van der Waals surface area (Å²) in [5, 5.41) is 11.9. The lowest BCUT2D eigenvalue weighted by atomic mass is 10.0. The molecule has 4 rings (SSSR count). The molecular formula is C33H45N3O9S3. The highest BCUT2D eigenvalue weighted by Gasteiger charge is 2.33. The van der Waals surface area contributed by atoms with E-state index in [1.54, 1.807) is 48.7 Å². The number of methoxy groups -OCH3 is 1. The average molecular weight is 724 g/mol. The predicted octanol–water partition coefficient (Wildman–Crippen LogP) is 4.67. The number of ether oxygens (including phenoxy) is 3. The van der Waals surface area contributed by atoms with Gasteiger partial charge in [-0.2, -0.15) is 4.31 Å². The van der Waals surface area contributed by atoms with Gasteiger partial charge in [0.25, 0.3) is 26.0 Å². The second-order valence-electron chi connectivity index (χ2n) is 12.0. The minimum atomic E-state index is -4.01. The molecule has 0 bridgehead atoms. The van der Waals surface area contributed by atoms with E-state index in [4.69, 9.17) is 14.2 Å². The second kappa shape index (κ2) is 16.5. The molecule has 0 aliphatic carbocycles. The quantitative estimate of drug-likeness (QED) is 0.304. The first-order chi connectivity index (χ1) is 22.8. The molecule has 0 unspecified atom stereocenters. The molecule has 2 aromatic carbocycles. The first-order valence-corrected chi connectivity index (χ1v) is 19.6. The molecule has 1 aliphatic rings. The van der Waals surface area contributed by atoms with Crippen LogP contribution in [0, 0.1) is 5.92 Å². The van der Waals surface area contributed by atoms with E-state index in [9.17, 15) is 26.7 Å². The van der Waals surface area contributed by atoms with Gasteiger partial charge in [0.2, 0.25) is 0 Å². The van der Waals surface area contributed by atoms with E-state index in [-0.39, 0.29) is 57.8 Å². The Hall–Kier alpha value is -3.21. The number of hydrogen-bond donors (Lipinski definition) is 2. The molecule has 15 heteroatoms. The molecule has 2 heterocycles. The van der Waals surface area contributed by atoms with Crippen LogP contribution >= 0.6 is 11.3 Å². The van der Waals surface area contributed by atoms with Crippen molar-refractivity contribution in [2.24, 2.45) is 5.92 Å². The Morgan fingerprint density at radius 1 is 1.10 bits per heavy atom. The Bertz CT molecular complexity index is 1720. The molecule has 1 aromatic heterocycles. The number of nitrogens with one attached hydrogen (secondary N) is 1. The highest BCUT2D eigenvalue weighted by atomic mass is 32.2. The average Bonchev–Trinajstić information content (AvgIpc) is 3.62. The number of likely N-dealkylation sites (N-methyl/N-ethyl adjacent to an activating group) is 1. The minimum Gasteiger partial charge on any atom is -0.497 e. The van der Waals surface area contributed by atoms with Gasteiger partial charge < -0.3 is 24.2 Å². The Labute approximate surface area is 287 Å². The summed E-state index contributed by atoms with van der Waals surface area (Å²) < 4.78 is 74.7. The summed E-state index contributed by atoms with van der Waals surface area (Å²) in [4.78, 5) is 15.9. The van der Waals surface area contributed by atoms with Crippen molar-refractivity contribution in [1.82, 2.24) is 9.21 Å². The Balaban J connectivity index is 1.67. The van der Waals surface area contributed by atoms with Crippen molar-refractivity contribution in [3.05, 3.63) is 65.5 Å². The van der Waals surface area contributed by atoms with Gasteiger partial charge in [0, 0.05) is 38.3 Å². The topological polar surface area (TPSA) is 152 Å². The van der Waals surface area contributed by atoms with Gasteiger partial charge in [-0.3, -0.25) is 9.52 Å². The molecule has 3 aromatic rings. The molecule has 2 N–H and O–H groups in total. The van der Waals surface area contributed by atoms with Crippen molar-refractivity contribution < 1.29 is 40.9 Å². The third-order valence-corrected chi connectivity index (χ3v) is 12.9. The summed E-state index contributed by atoms with van der Waals surface area (Å²) in [5.41, 5.74) is 0.276. The number of amides is 1. The number of sulfonamides is 2. The highest BCUT2D eigenvalue weighted by Crippen LogP contribution is 2.30. The van der Waals surface area contributed by atoms with E-state index in [0.29, 0.717) is 25.2 Å². The maximum absolute atomic E-state index is 14.4. The van der Waals surface area contributed by atoms with E-state index >= 15 is 0 Å². The number of aliphatic hydroxyl groups is 1. The largest absolute Gasteiger partial charge is 0.497 e. The van der Waals surface area contributed by atoms with Crippen LogP contribution in [0.25, 0.3) is 0 Å². The molecule has 0 saturated carbocycles. The van der Waals surface area contributed by atoms with E-state index in [2.05, 4.69) is 4.72 Å².